The summed E-state index contributed by atoms with van der Waals surface area (Å²) in [5.41, 5.74) is 0. The molecule has 1 rings (SSSR count). The van der Waals surface area contributed by atoms with E-state index in [2.05, 4.69) is 0 Å². The van der Waals surface area contributed by atoms with E-state index in [-0.39, 0.29) is 13.2 Å². The number of carboxylic acids is 1. The van der Waals surface area contributed by atoms with Crippen LogP contribution in [-0.2, 0) is 19.7 Å². The number of nitrogens with one attached hydrogen (secondary N) is 1. The van der Waals surface area contributed by atoms with Crippen molar-refractivity contribution in [2.24, 2.45) is 0 Å². The van der Waals surface area contributed by atoms with Gasteiger partial charge in [-0.15, -0.1) is 0 Å². The second-order valence-corrected chi connectivity index (χ2v) is 5.25. The number of rotatable bonds is 4. The monoisotopic (exact) mass is 292 g/mol. The first kappa shape index (κ1) is 15.1. The van der Waals surface area contributed by atoms with Crippen molar-refractivity contribution < 1.29 is 36.2 Å². The Labute approximate surface area is 101 Å². The number of hydrogen-bond donors (Lipinski definition) is 2. The zero-order chi connectivity index (χ0) is 14.0. The predicted octanol–water partition coefficient (Wildman–Crippen LogP) is -0.832. The van der Waals surface area contributed by atoms with Gasteiger partial charge in [-0.25, -0.2) is 4.79 Å². The zero-order valence-electron chi connectivity index (χ0n) is 8.98. The van der Waals surface area contributed by atoms with Crippen molar-refractivity contribution in [3.8, 4) is 0 Å². The van der Waals surface area contributed by atoms with Gasteiger partial charge in [0.15, 0.2) is 6.10 Å². The molecule has 0 aromatic heterocycles. The quantitative estimate of drug-likeness (QED) is 0.705. The topological polar surface area (TPSA) is 95.9 Å². The molecule has 0 spiro atoms. The molecular formula is C7H11F3N2O5S. The van der Waals surface area contributed by atoms with E-state index in [9.17, 15) is 26.4 Å². The fourth-order valence-electron chi connectivity index (χ4n) is 1.26. The average molecular weight is 292 g/mol. The molecule has 0 saturated carbocycles. The van der Waals surface area contributed by atoms with Crippen molar-refractivity contribution in [1.29, 1.82) is 0 Å². The molecule has 2 N–H and O–H groups in total. The summed E-state index contributed by atoms with van der Waals surface area (Å²) in [6.07, 6.45) is -6.05. The molecule has 0 amide bonds. The highest BCUT2D eigenvalue weighted by Gasteiger charge is 2.36. The molecule has 1 heterocycles. The lowest BCUT2D eigenvalue weighted by Crippen LogP contribution is -2.53. The van der Waals surface area contributed by atoms with Gasteiger partial charge in [0.2, 0.25) is 0 Å². The molecule has 1 saturated heterocycles. The molecule has 7 nitrogen and oxygen atoms in total. The third-order valence-electron chi connectivity index (χ3n) is 2.10. The van der Waals surface area contributed by atoms with Crippen LogP contribution in [0.1, 0.15) is 0 Å². The molecule has 106 valence electrons. The summed E-state index contributed by atoms with van der Waals surface area (Å²) in [6.45, 7) is -2.62. The fourth-order valence-corrected chi connectivity index (χ4v) is 2.43. The molecule has 0 aromatic rings. The van der Waals surface area contributed by atoms with Crippen LogP contribution in [0.3, 0.4) is 0 Å². The van der Waals surface area contributed by atoms with Gasteiger partial charge in [-0.1, -0.05) is 0 Å². The minimum Gasteiger partial charge on any atom is -0.479 e. The summed E-state index contributed by atoms with van der Waals surface area (Å²) in [5, 5.41) is 8.63. The zero-order valence-corrected chi connectivity index (χ0v) is 9.79. The van der Waals surface area contributed by atoms with E-state index in [4.69, 9.17) is 9.84 Å². The predicted molar refractivity (Wildman–Crippen MR) is 51.9 cm³/mol. The summed E-state index contributed by atoms with van der Waals surface area (Å²) in [7, 11) is -4.36. The summed E-state index contributed by atoms with van der Waals surface area (Å²) >= 11 is 0. The number of nitrogens with zero attached hydrogens (tertiary/aromatic N) is 1. The Morgan fingerprint density at radius 2 is 2.11 bits per heavy atom. The number of hydrogen-bond acceptors (Lipinski definition) is 4. The van der Waals surface area contributed by atoms with Crippen LogP contribution in [0.5, 0.6) is 0 Å². The summed E-state index contributed by atoms with van der Waals surface area (Å²) in [6, 6.07) is 0. The van der Waals surface area contributed by atoms with Crippen LogP contribution in [0.15, 0.2) is 0 Å². The van der Waals surface area contributed by atoms with Crippen LogP contribution in [0.25, 0.3) is 0 Å². The van der Waals surface area contributed by atoms with Gasteiger partial charge in [0.1, 0.15) is 6.54 Å². The van der Waals surface area contributed by atoms with Gasteiger partial charge in [0, 0.05) is 6.54 Å². The number of carboxylic acid groups (broad SMARTS) is 1. The summed E-state index contributed by atoms with van der Waals surface area (Å²) in [5.74, 6) is -1.37. The van der Waals surface area contributed by atoms with Gasteiger partial charge < -0.3 is 9.84 Å². The van der Waals surface area contributed by atoms with Gasteiger partial charge >= 0.3 is 12.1 Å². The summed E-state index contributed by atoms with van der Waals surface area (Å²) < 4.78 is 65.3. The maximum absolute atomic E-state index is 11.9. The first-order valence-electron chi connectivity index (χ1n) is 4.78. The lowest BCUT2D eigenvalue weighted by atomic mass is 10.3. The third-order valence-corrected chi connectivity index (χ3v) is 3.62. The van der Waals surface area contributed by atoms with Gasteiger partial charge in [0.05, 0.1) is 13.2 Å². The highest BCUT2D eigenvalue weighted by molar-refractivity contribution is 7.87. The second-order valence-electron chi connectivity index (χ2n) is 3.50. The van der Waals surface area contributed by atoms with E-state index in [1.165, 1.54) is 4.72 Å². The molecule has 0 aliphatic carbocycles. The molecule has 0 aromatic carbocycles. The Balaban J connectivity index is 2.64. The molecule has 0 radical (unpaired) electrons. The van der Waals surface area contributed by atoms with Crippen molar-refractivity contribution in [2.75, 3.05) is 26.2 Å². The third kappa shape index (κ3) is 4.40. The molecule has 0 bridgehead atoms. The van der Waals surface area contributed by atoms with Crippen LogP contribution in [0.2, 0.25) is 0 Å². The van der Waals surface area contributed by atoms with Gasteiger partial charge in [-0.2, -0.15) is 30.6 Å². The minimum atomic E-state index is -4.68. The first-order chi connectivity index (χ1) is 8.12. The van der Waals surface area contributed by atoms with Gasteiger partial charge in [-0.3, -0.25) is 0 Å². The van der Waals surface area contributed by atoms with E-state index in [0.29, 0.717) is 4.31 Å². The molecule has 11 heteroatoms. The second kappa shape index (κ2) is 5.38. The van der Waals surface area contributed by atoms with E-state index in [1.807, 2.05) is 0 Å². The van der Waals surface area contributed by atoms with Crippen molar-refractivity contribution in [2.45, 2.75) is 12.3 Å². The Bertz CT molecular complexity index is 410. The fraction of sp³-hybridized carbons (Fsp3) is 0.857. The van der Waals surface area contributed by atoms with Crippen molar-refractivity contribution in [3.63, 3.8) is 0 Å². The van der Waals surface area contributed by atoms with E-state index >= 15 is 0 Å². The summed E-state index contributed by atoms with van der Waals surface area (Å²) in [4.78, 5) is 10.6. The van der Waals surface area contributed by atoms with Crippen LogP contribution >= 0.6 is 0 Å². The lowest BCUT2D eigenvalue weighted by molar-refractivity contribution is -0.153. The van der Waals surface area contributed by atoms with Crippen molar-refractivity contribution in [3.05, 3.63) is 0 Å². The molecule has 18 heavy (non-hydrogen) atoms. The Morgan fingerprint density at radius 1 is 1.50 bits per heavy atom. The number of alkyl halides is 3. The van der Waals surface area contributed by atoms with Gasteiger partial charge in [-0.05, 0) is 0 Å². The first-order valence-corrected chi connectivity index (χ1v) is 6.22. The minimum absolute atomic E-state index is 0.191. The largest absolute Gasteiger partial charge is 0.479 e. The Kier molecular flexibility index (Phi) is 4.53. The normalized spacial score (nSPS) is 22.9. The van der Waals surface area contributed by atoms with E-state index in [1.54, 1.807) is 0 Å². The van der Waals surface area contributed by atoms with Crippen LogP contribution < -0.4 is 4.72 Å². The van der Waals surface area contributed by atoms with E-state index < -0.39 is 41.5 Å². The van der Waals surface area contributed by atoms with E-state index in [0.717, 1.165) is 0 Å². The average Bonchev–Trinajstić information content (AvgIpc) is 2.26. The number of aliphatic carboxylic acids is 1. The molecule has 1 unspecified atom stereocenters. The number of carbonyl (C=O) groups is 1. The Hall–Kier alpha value is -0.910. The maximum atomic E-state index is 11.9. The SMILES string of the molecule is O=C(O)C1CN(S(=O)(=O)NCC(F)(F)F)CCO1. The highest BCUT2D eigenvalue weighted by Crippen LogP contribution is 2.14. The number of halogens is 3. The van der Waals surface area contributed by atoms with Crippen LogP contribution in [0.4, 0.5) is 13.2 Å². The lowest BCUT2D eigenvalue weighted by Gasteiger charge is -2.30. The van der Waals surface area contributed by atoms with Gasteiger partial charge in [0.25, 0.3) is 10.2 Å². The van der Waals surface area contributed by atoms with Crippen LogP contribution in [0, 0.1) is 0 Å². The maximum Gasteiger partial charge on any atom is 0.402 e. The van der Waals surface area contributed by atoms with Crippen molar-refractivity contribution >= 4 is 16.2 Å². The molecule has 1 aliphatic rings. The van der Waals surface area contributed by atoms with Crippen LogP contribution in [-0.4, -0.2) is 62.3 Å². The molecular weight excluding hydrogens is 281 g/mol. The van der Waals surface area contributed by atoms with Crippen molar-refractivity contribution in [1.82, 2.24) is 9.03 Å². The number of ether oxygens (including phenoxy) is 1. The Morgan fingerprint density at radius 3 is 2.61 bits per heavy atom. The smallest absolute Gasteiger partial charge is 0.402 e. The molecule has 1 atom stereocenters. The number of morpholine rings is 1. The highest BCUT2D eigenvalue weighted by atomic mass is 32.2. The standard InChI is InChI=1S/C7H11F3N2O5S/c8-7(9,10)4-11-18(15,16)12-1-2-17-5(3-12)6(13)14/h5,11H,1-4H2,(H,13,14). The molecule has 1 aliphatic heterocycles. The molecule has 1 fully saturated rings.